The molecule has 0 amide bonds. The highest BCUT2D eigenvalue weighted by atomic mass is 35.5. The number of hydrogen-bond donors (Lipinski definition) is 1. The largest absolute Gasteiger partial charge is 0.381 e. The quantitative estimate of drug-likeness (QED) is 0.814. The minimum Gasteiger partial charge on any atom is -0.381 e. The Morgan fingerprint density at radius 2 is 2.00 bits per heavy atom. The lowest BCUT2D eigenvalue weighted by atomic mass is 9.89. The van der Waals surface area contributed by atoms with E-state index in [1.165, 1.54) is 37.1 Å². The van der Waals surface area contributed by atoms with Crippen LogP contribution in [0.1, 0.15) is 39.5 Å². The summed E-state index contributed by atoms with van der Waals surface area (Å²) in [6.45, 7) is 5.61. The summed E-state index contributed by atoms with van der Waals surface area (Å²) in [6.07, 6.45) is 5.24. The lowest BCUT2D eigenvalue weighted by Crippen LogP contribution is -2.57. The molecule has 1 fully saturated rings. The molecule has 3 heteroatoms. The van der Waals surface area contributed by atoms with Gasteiger partial charge < -0.3 is 10.2 Å². The van der Waals surface area contributed by atoms with Gasteiger partial charge in [0, 0.05) is 12.6 Å². The standard InChI is InChI=1S/C15H21ClN2/c1-11(2)18-14-12(16)6-5-7-13(14)17-10-15(18)8-3-4-9-15/h5-7,11,17H,3-4,8-10H2,1-2H3. The van der Waals surface area contributed by atoms with E-state index >= 15 is 0 Å². The molecule has 1 N–H and O–H groups in total. The molecule has 3 rings (SSSR count). The van der Waals surface area contributed by atoms with Crippen molar-refractivity contribution in [2.24, 2.45) is 0 Å². The van der Waals surface area contributed by atoms with Crippen LogP contribution in [0.5, 0.6) is 0 Å². The normalized spacial score (nSPS) is 21.2. The van der Waals surface area contributed by atoms with E-state index in [1.54, 1.807) is 0 Å². The molecule has 0 saturated heterocycles. The maximum Gasteiger partial charge on any atom is 0.0798 e. The Bertz CT molecular complexity index is 450. The fourth-order valence-electron chi connectivity index (χ4n) is 3.74. The van der Waals surface area contributed by atoms with Crippen LogP contribution in [0.25, 0.3) is 0 Å². The molecule has 98 valence electrons. The van der Waals surface area contributed by atoms with Crippen LogP contribution in [0.15, 0.2) is 18.2 Å². The molecule has 1 spiro atoms. The molecular weight excluding hydrogens is 244 g/mol. The summed E-state index contributed by atoms with van der Waals surface area (Å²) in [4.78, 5) is 2.58. The first-order valence-electron chi connectivity index (χ1n) is 6.96. The highest BCUT2D eigenvalue weighted by molar-refractivity contribution is 6.34. The predicted molar refractivity (Wildman–Crippen MR) is 78.8 cm³/mol. The first-order chi connectivity index (χ1) is 8.64. The maximum atomic E-state index is 6.46. The lowest BCUT2D eigenvalue weighted by Gasteiger charge is -2.50. The molecule has 0 unspecified atom stereocenters. The monoisotopic (exact) mass is 264 g/mol. The minimum atomic E-state index is 0.284. The van der Waals surface area contributed by atoms with Gasteiger partial charge in [0.1, 0.15) is 0 Å². The van der Waals surface area contributed by atoms with E-state index < -0.39 is 0 Å². The second-order valence-electron chi connectivity index (χ2n) is 5.88. The first kappa shape index (κ1) is 12.2. The zero-order valence-corrected chi connectivity index (χ0v) is 11.9. The summed E-state index contributed by atoms with van der Waals surface area (Å²) in [5, 5.41) is 4.47. The van der Waals surface area contributed by atoms with Crippen LogP contribution < -0.4 is 10.2 Å². The summed E-state index contributed by atoms with van der Waals surface area (Å²) in [5.41, 5.74) is 2.68. The Labute approximate surface area is 114 Å². The Morgan fingerprint density at radius 1 is 1.28 bits per heavy atom. The fourth-order valence-corrected chi connectivity index (χ4v) is 4.01. The molecule has 0 atom stereocenters. The second kappa shape index (κ2) is 4.34. The summed E-state index contributed by atoms with van der Waals surface area (Å²) in [6, 6.07) is 6.66. The van der Waals surface area contributed by atoms with E-state index in [4.69, 9.17) is 11.6 Å². The molecule has 18 heavy (non-hydrogen) atoms. The van der Waals surface area contributed by atoms with Gasteiger partial charge in [-0.25, -0.2) is 0 Å². The average molecular weight is 265 g/mol. The van der Waals surface area contributed by atoms with Crippen molar-refractivity contribution in [3.05, 3.63) is 23.2 Å². The number of nitrogens with zero attached hydrogens (tertiary/aromatic N) is 1. The molecule has 0 radical (unpaired) electrons. The van der Waals surface area contributed by atoms with E-state index in [2.05, 4.69) is 30.1 Å². The van der Waals surface area contributed by atoms with Crippen molar-refractivity contribution in [1.82, 2.24) is 0 Å². The number of rotatable bonds is 1. The summed E-state index contributed by atoms with van der Waals surface area (Å²) >= 11 is 6.46. The van der Waals surface area contributed by atoms with E-state index in [1.807, 2.05) is 12.1 Å². The lowest BCUT2D eigenvalue weighted by molar-refractivity contribution is 0.381. The van der Waals surface area contributed by atoms with Crippen LogP contribution in [-0.4, -0.2) is 18.1 Å². The van der Waals surface area contributed by atoms with Crippen LogP contribution in [0.2, 0.25) is 5.02 Å². The highest BCUT2D eigenvalue weighted by Crippen LogP contribution is 2.48. The van der Waals surface area contributed by atoms with Gasteiger partial charge in [-0.1, -0.05) is 30.5 Å². The zero-order valence-electron chi connectivity index (χ0n) is 11.2. The average Bonchev–Trinajstić information content (AvgIpc) is 2.79. The maximum absolute atomic E-state index is 6.46. The van der Waals surface area contributed by atoms with Crippen LogP contribution in [-0.2, 0) is 0 Å². The molecule has 1 aromatic carbocycles. The van der Waals surface area contributed by atoms with Gasteiger partial charge in [0.05, 0.1) is 21.9 Å². The molecular formula is C15H21ClN2. The number of fused-ring (bicyclic) bond motifs is 1. The van der Waals surface area contributed by atoms with Gasteiger partial charge in [0.2, 0.25) is 0 Å². The Balaban J connectivity index is 2.12. The van der Waals surface area contributed by atoms with E-state index in [9.17, 15) is 0 Å². The van der Waals surface area contributed by atoms with Crippen LogP contribution >= 0.6 is 11.6 Å². The van der Waals surface area contributed by atoms with E-state index in [0.717, 1.165) is 11.6 Å². The van der Waals surface area contributed by atoms with Crippen molar-refractivity contribution >= 4 is 23.0 Å². The molecule has 0 aromatic heterocycles. The van der Waals surface area contributed by atoms with Crippen molar-refractivity contribution in [3.63, 3.8) is 0 Å². The molecule has 1 aromatic rings. The third kappa shape index (κ3) is 1.70. The number of benzene rings is 1. The van der Waals surface area contributed by atoms with Gasteiger partial charge in [-0.3, -0.25) is 0 Å². The highest BCUT2D eigenvalue weighted by Gasteiger charge is 2.44. The third-order valence-corrected chi connectivity index (χ3v) is 4.70. The van der Waals surface area contributed by atoms with Crippen LogP contribution in [0.4, 0.5) is 11.4 Å². The van der Waals surface area contributed by atoms with Crippen molar-refractivity contribution in [2.75, 3.05) is 16.8 Å². The van der Waals surface area contributed by atoms with Crippen LogP contribution in [0.3, 0.4) is 0 Å². The molecule has 1 heterocycles. The number of anilines is 2. The van der Waals surface area contributed by atoms with Crippen molar-refractivity contribution < 1.29 is 0 Å². The Kier molecular flexibility index (Phi) is 2.93. The zero-order chi connectivity index (χ0) is 12.8. The third-order valence-electron chi connectivity index (χ3n) is 4.40. The first-order valence-corrected chi connectivity index (χ1v) is 7.34. The predicted octanol–water partition coefficient (Wildman–Crippen LogP) is 4.29. The van der Waals surface area contributed by atoms with E-state index in [-0.39, 0.29) is 5.54 Å². The number of nitrogens with one attached hydrogen (secondary N) is 1. The van der Waals surface area contributed by atoms with Gasteiger partial charge in [-0.15, -0.1) is 0 Å². The van der Waals surface area contributed by atoms with E-state index in [0.29, 0.717) is 6.04 Å². The molecule has 2 aliphatic rings. The Morgan fingerprint density at radius 3 is 2.67 bits per heavy atom. The minimum absolute atomic E-state index is 0.284. The van der Waals surface area contributed by atoms with Crippen molar-refractivity contribution in [2.45, 2.75) is 51.1 Å². The number of para-hydroxylation sites is 1. The molecule has 0 bridgehead atoms. The molecule has 2 nitrogen and oxygen atoms in total. The fraction of sp³-hybridized carbons (Fsp3) is 0.600. The number of halogens is 1. The van der Waals surface area contributed by atoms with Crippen molar-refractivity contribution in [1.29, 1.82) is 0 Å². The van der Waals surface area contributed by atoms with Gasteiger partial charge >= 0.3 is 0 Å². The number of hydrogen-bond acceptors (Lipinski definition) is 2. The second-order valence-corrected chi connectivity index (χ2v) is 6.29. The molecule has 1 saturated carbocycles. The van der Waals surface area contributed by atoms with Gasteiger partial charge in [0.15, 0.2) is 0 Å². The van der Waals surface area contributed by atoms with Crippen LogP contribution in [0, 0.1) is 0 Å². The molecule has 1 aliphatic heterocycles. The van der Waals surface area contributed by atoms with Gasteiger partial charge in [0.25, 0.3) is 0 Å². The molecule has 1 aliphatic carbocycles. The topological polar surface area (TPSA) is 15.3 Å². The SMILES string of the molecule is CC(C)N1c2c(Cl)cccc2NCC12CCCC2. The smallest absolute Gasteiger partial charge is 0.0798 e. The summed E-state index contributed by atoms with van der Waals surface area (Å²) in [7, 11) is 0. The summed E-state index contributed by atoms with van der Waals surface area (Å²) < 4.78 is 0. The van der Waals surface area contributed by atoms with Gasteiger partial charge in [-0.05, 0) is 38.8 Å². The van der Waals surface area contributed by atoms with Crippen molar-refractivity contribution in [3.8, 4) is 0 Å². The van der Waals surface area contributed by atoms with Gasteiger partial charge in [-0.2, -0.15) is 0 Å². The Hall–Kier alpha value is -0.890. The summed E-state index contributed by atoms with van der Waals surface area (Å²) in [5.74, 6) is 0.